The van der Waals surface area contributed by atoms with Crippen LogP contribution in [0.2, 0.25) is 0 Å². The molecule has 5 rings (SSSR count). The topological polar surface area (TPSA) is 91.4 Å². The summed E-state index contributed by atoms with van der Waals surface area (Å²) >= 11 is 0. The molecule has 3 fully saturated rings. The van der Waals surface area contributed by atoms with Crippen molar-refractivity contribution < 1.29 is 35.9 Å². The summed E-state index contributed by atoms with van der Waals surface area (Å²) in [5.41, 5.74) is 0.948. The molecule has 3 heterocycles. The third-order valence-electron chi connectivity index (χ3n) is 7.27. The number of alkyl halides is 3. The summed E-state index contributed by atoms with van der Waals surface area (Å²) in [5, 5.41) is 3.16. The van der Waals surface area contributed by atoms with E-state index in [2.05, 4.69) is 5.32 Å². The Morgan fingerprint density at radius 1 is 0.927 bits per heavy atom. The van der Waals surface area contributed by atoms with Crippen molar-refractivity contribution in [3.63, 3.8) is 0 Å². The fraction of sp³-hybridized carbons (Fsp3) is 0.536. The molecule has 0 saturated carbocycles. The van der Waals surface area contributed by atoms with E-state index in [-0.39, 0.29) is 16.8 Å². The summed E-state index contributed by atoms with van der Waals surface area (Å²) in [4.78, 5) is 19.4. The maximum atomic E-state index is 13.6. The first kappa shape index (κ1) is 31.1. The van der Waals surface area contributed by atoms with E-state index in [1.807, 2.05) is 16.7 Å². The Labute approximate surface area is 239 Å². The van der Waals surface area contributed by atoms with Gasteiger partial charge in [-0.05, 0) is 49.4 Å². The number of halogens is 3. The first-order valence-electron chi connectivity index (χ1n) is 13.6. The number of piperazine rings is 1. The van der Waals surface area contributed by atoms with Gasteiger partial charge >= 0.3 is 6.18 Å². The van der Waals surface area contributed by atoms with Crippen LogP contribution in [0, 0.1) is 0 Å². The lowest BCUT2D eigenvalue weighted by Crippen LogP contribution is -2.54. The van der Waals surface area contributed by atoms with Crippen LogP contribution in [0.5, 0.6) is 0 Å². The molecule has 0 aromatic heterocycles. The molecule has 3 saturated heterocycles. The Kier molecular flexibility index (Phi) is 10.2. The lowest BCUT2D eigenvalue weighted by Gasteiger charge is -2.42. The Bertz CT molecular complexity index is 1270. The number of anilines is 2. The van der Waals surface area contributed by atoms with Crippen LogP contribution < -0.4 is 15.1 Å². The number of hydrogen-bond donors (Lipinski definition) is 1. The van der Waals surface area contributed by atoms with Gasteiger partial charge in [0.2, 0.25) is 0 Å². The molecule has 9 nitrogen and oxygen atoms in total. The van der Waals surface area contributed by atoms with Crippen molar-refractivity contribution in [2.75, 3.05) is 88.3 Å². The second-order valence-corrected chi connectivity index (χ2v) is 12.3. The number of rotatable bonds is 4. The molecule has 2 aromatic rings. The minimum atomic E-state index is -4.39. The molecule has 1 N–H and O–H groups in total. The summed E-state index contributed by atoms with van der Waals surface area (Å²) in [7, 11) is -3.51. The van der Waals surface area contributed by atoms with Gasteiger partial charge in [0.15, 0.2) is 9.84 Å². The fourth-order valence-electron chi connectivity index (χ4n) is 5.05. The Hall–Kier alpha value is -2.87. The second kappa shape index (κ2) is 13.4. The number of carbonyl (C=O) groups is 1. The van der Waals surface area contributed by atoms with Crippen molar-refractivity contribution in [2.24, 2.45) is 0 Å². The molecular formula is C28H37F3N4O5S. The quantitative estimate of drug-likeness (QED) is 0.575. The average molecular weight is 599 g/mol. The van der Waals surface area contributed by atoms with Crippen molar-refractivity contribution in [3.8, 4) is 0 Å². The maximum Gasteiger partial charge on any atom is 0.416 e. The molecule has 1 amide bonds. The van der Waals surface area contributed by atoms with Crippen LogP contribution in [0.4, 0.5) is 24.5 Å². The van der Waals surface area contributed by atoms with E-state index < -0.39 is 21.6 Å². The molecule has 41 heavy (non-hydrogen) atoms. The fourth-order valence-corrected chi connectivity index (χ4v) is 5.70. The number of benzene rings is 2. The molecule has 13 heteroatoms. The van der Waals surface area contributed by atoms with Crippen LogP contribution in [-0.4, -0.2) is 104 Å². The van der Waals surface area contributed by atoms with Crippen LogP contribution in [0.1, 0.15) is 22.8 Å². The third-order valence-corrected chi connectivity index (χ3v) is 8.38. The Balaban J connectivity index is 0.000000572. The molecule has 2 aromatic carbocycles. The van der Waals surface area contributed by atoms with Gasteiger partial charge in [-0.2, -0.15) is 13.2 Å². The van der Waals surface area contributed by atoms with Crippen molar-refractivity contribution >= 4 is 27.1 Å². The van der Waals surface area contributed by atoms with Crippen LogP contribution >= 0.6 is 0 Å². The highest BCUT2D eigenvalue weighted by Gasteiger charge is 2.32. The molecule has 3 aliphatic rings. The van der Waals surface area contributed by atoms with Gasteiger partial charge < -0.3 is 29.5 Å². The number of sulfone groups is 1. The number of nitrogens with one attached hydrogen (secondary N) is 1. The van der Waals surface area contributed by atoms with E-state index in [4.69, 9.17) is 9.47 Å². The van der Waals surface area contributed by atoms with Crippen LogP contribution in [0.3, 0.4) is 0 Å². The largest absolute Gasteiger partial charge is 0.416 e. The van der Waals surface area contributed by atoms with E-state index >= 15 is 0 Å². The van der Waals surface area contributed by atoms with Crippen LogP contribution in [-0.2, 0) is 25.5 Å². The van der Waals surface area contributed by atoms with E-state index in [0.717, 1.165) is 44.7 Å². The smallest absolute Gasteiger partial charge is 0.379 e. The number of ether oxygens (including phenoxy) is 2. The first-order valence-corrected chi connectivity index (χ1v) is 15.5. The third kappa shape index (κ3) is 8.12. The average Bonchev–Trinajstić information content (AvgIpc) is 2.97. The zero-order chi connectivity index (χ0) is 29.6. The molecule has 0 bridgehead atoms. The number of hydrogen-bond acceptors (Lipinski definition) is 8. The summed E-state index contributed by atoms with van der Waals surface area (Å²) in [6.45, 7) is 9.12. The molecule has 1 atom stereocenters. The predicted octanol–water partition coefficient (Wildman–Crippen LogP) is 2.90. The second-order valence-electron chi connectivity index (χ2n) is 10.3. The van der Waals surface area contributed by atoms with Gasteiger partial charge in [-0.3, -0.25) is 4.79 Å². The highest BCUT2D eigenvalue weighted by Crippen LogP contribution is 2.32. The summed E-state index contributed by atoms with van der Waals surface area (Å²) < 4.78 is 73.5. The number of carbonyl (C=O) groups excluding carboxylic acids is 1. The van der Waals surface area contributed by atoms with Gasteiger partial charge in [0.1, 0.15) is 0 Å². The standard InChI is InChI=1S/C24H28F3N3O4S.C4H9NO/c1-17-16-29(9-10-30(17)19-5-3-18(4-6-19)24(25,26)27)23(31)21-15-20(35(2,32)33)7-8-22(21)28-11-13-34-14-12-28;1-3-6-4-2-5-1/h3-8,15,17H,9-14,16H2,1-2H3;5H,1-4H2. The summed E-state index contributed by atoms with van der Waals surface area (Å²) in [6, 6.07) is 9.50. The zero-order valence-electron chi connectivity index (χ0n) is 23.3. The highest BCUT2D eigenvalue weighted by atomic mass is 32.2. The highest BCUT2D eigenvalue weighted by molar-refractivity contribution is 7.90. The van der Waals surface area contributed by atoms with Gasteiger partial charge in [-0.1, -0.05) is 0 Å². The zero-order valence-corrected chi connectivity index (χ0v) is 24.1. The van der Waals surface area contributed by atoms with E-state index in [1.54, 1.807) is 11.0 Å². The van der Waals surface area contributed by atoms with Crippen molar-refractivity contribution in [3.05, 3.63) is 53.6 Å². The van der Waals surface area contributed by atoms with Crippen molar-refractivity contribution in [2.45, 2.75) is 24.0 Å². The number of nitrogens with zero attached hydrogens (tertiary/aromatic N) is 3. The summed E-state index contributed by atoms with van der Waals surface area (Å²) in [5.74, 6) is -0.268. The SMILES string of the molecule is C1COCCN1.CC1CN(C(=O)c2cc(S(C)(=O)=O)ccc2N2CCOCC2)CCN1c1ccc(C(F)(F)F)cc1. The normalized spacial score (nSPS) is 20.3. The first-order chi connectivity index (χ1) is 19.4. The minimum Gasteiger partial charge on any atom is -0.379 e. The van der Waals surface area contributed by atoms with Crippen LogP contribution in [0.25, 0.3) is 0 Å². The molecule has 0 radical (unpaired) electrons. The van der Waals surface area contributed by atoms with Gasteiger partial charge in [-0.25, -0.2) is 8.42 Å². The molecule has 0 aliphatic carbocycles. The molecule has 3 aliphatic heterocycles. The molecule has 1 unspecified atom stereocenters. The minimum absolute atomic E-state index is 0.0781. The Morgan fingerprint density at radius 3 is 2.07 bits per heavy atom. The van der Waals surface area contributed by atoms with Gasteiger partial charge in [0.05, 0.1) is 42.4 Å². The van der Waals surface area contributed by atoms with Crippen molar-refractivity contribution in [1.82, 2.24) is 10.2 Å². The lowest BCUT2D eigenvalue weighted by molar-refractivity contribution is -0.137. The van der Waals surface area contributed by atoms with Gasteiger partial charge in [0, 0.05) is 69.5 Å². The van der Waals surface area contributed by atoms with Crippen molar-refractivity contribution in [1.29, 1.82) is 0 Å². The Morgan fingerprint density at radius 2 is 1.56 bits per heavy atom. The number of amides is 1. The molecular weight excluding hydrogens is 561 g/mol. The maximum absolute atomic E-state index is 13.6. The number of morpholine rings is 2. The molecule has 226 valence electrons. The molecule has 0 spiro atoms. The van der Waals surface area contributed by atoms with Gasteiger partial charge in [0.25, 0.3) is 5.91 Å². The van der Waals surface area contributed by atoms with E-state index in [9.17, 15) is 26.4 Å². The summed E-state index contributed by atoms with van der Waals surface area (Å²) in [6.07, 6.45) is -3.29. The monoisotopic (exact) mass is 598 g/mol. The van der Waals surface area contributed by atoms with E-state index in [1.165, 1.54) is 24.3 Å². The van der Waals surface area contributed by atoms with Crippen LogP contribution in [0.15, 0.2) is 47.4 Å². The predicted molar refractivity (Wildman–Crippen MR) is 150 cm³/mol. The van der Waals surface area contributed by atoms with E-state index in [0.29, 0.717) is 62.9 Å². The van der Waals surface area contributed by atoms with Gasteiger partial charge in [-0.15, -0.1) is 0 Å². The lowest BCUT2D eigenvalue weighted by atomic mass is 10.1.